The van der Waals surface area contributed by atoms with Crippen molar-refractivity contribution in [3.05, 3.63) is 23.8 Å². The van der Waals surface area contributed by atoms with Gasteiger partial charge in [0.25, 0.3) is 10.2 Å². The van der Waals surface area contributed by atoms with E-state index in [-0.39, 0.29) is 28.6 Å². The molecule has 0 aliphatic heterocycles. The van der Waals surface area contributed by atoms with Crippen molar-refractivity contribution in [2.24, 2.45) is 11.1 Å². The van der Waals surface area contributed by atoms with Crippen molar-refractivity contribution < 1.29 is 16.8 Å². The van der Waals surface area contributed by atoms with Crippen LogP contribution in [0.1, 0.15) is 19.4 Å². The number of benzene rings is 1. The van der Waals surface area contributed by atoms with Gasteiger partial charge >= 0.3 is 0 Å². The Kier molecular flexibility index (Phi) is 5.14. The fraction of sp³-hybridized carbons (Fsp3) is 0.455. The van der Waals surface area contributed by atoms with Gasteiger partial charge in [-0.15, -0.1) is 0 Å². The van der Waals surface area contributed by atoms with Crippen LogP contribution >= 0.6 is 0 Å². The molecular weight excluding hydrogens is 302 g/mol. The highest BCUT2D eigenvalue weighted by Crippen LogP contribution is 2.22. The summed E-state index contributed by atoms with van der Waals surface area (Å²) in [6, 6.07) is 4.22. The summed E-state index contributed by atoms with van der Waals surface area (Å²) in [5, 5.41) is 5.07. The van der Waals surface area contributed by atoms with Gasteiger partial charge in [-0.25, -0.2) is 13.6 Å². The Hall–Kier alpha value is -1.16. The third-order valence-corrected chi connectivity index (χ3v) is 4.61. The maximum atomic E-state index is 11.8. The molecule has 0 atom stereocenters. The fourth-order valence-corrected chi connectivity index (χ4v) is 3.43. The van der Waals surface area contributed by atoms with Crippen LogP contribution in [0.25, 0.3) is 0 Å². The van der Waals surface area contributed by atoms with Gasteiger partial charge < -0.3 is 0 Å². The van der Waals surface area contributed by atoms with Crippen LogP contribution in [0, 0.1) is 12.8 Å². The van der Waals surface area contributed by atoms with E-state index in [1.807, 2.05) is 13.8 Å². The van der Waals surface area contributed by atoms with Gasteiger partial charge in [0.15, 0.2) is 0 Å². The topological polar surface area (TPSA) is 118 Å². The maximum absolute atomic E-state index is 11.8. The maximum Gasteiger partial charge on any atom is 0.299 e. The smallest absolute Gasteiger partial charge is 0.271 e. The van der Waals surface area contributed by atoms with Crippen molar-refractivity contribution in [2.45, 2.75) is 25.7 Å². The van der Waals surface area contributed by atoms with Gasteiger partial charge in [0, 0.05) is 6.54 Å². The average Bonchev–Trinajstić information content (AvgIpc) is 2.28. The van der Waals surface area contributed by atoms with E-state index in [9.17, 15) is 16.8 Å². The molecule has 0 unspecified atom stereocenters. The first kappa shape index (κ1) is 16.9. The lowest BCUT2D eigenvalue weighted by molar-refractivity contribution is 0.564. The molecule has 0 radical (unpaired) electrons. The molecule has 0 spiro atoms. The molecule has 20 heavy (non-hydrogen) atoms. The molecule has 1 rings (SSSR count). The summed E-state index contributed by atoms with van der Waals surface area (Å²) in [4.78, 5) is -0.110. The highest BCUT2D eigenvalue weighted by molar-refractivity contribution is 7.90. The number of anilines is 1. The molecule has 0 heterocycles. The third kappa shape index (κ3) is 4.75. The normalized spacial score (nSPS) is 12.7. The minimum Gasteiger partial charge on any atom is -0.271 e. The van der Waals surface area contributed by atoms with Crippen molar-refractivity contribution in [2.75, 3.05) is 11.3 Å². The third-order valence-electron chi connectivity index (χ3n) is 2.52. The number of hydrogen-bond acceptors (Lipinski definition) is 4. The summed E-state index contributed by atoms with van der Waals surface area (Å²) >= 11 is 0. The molecule has 0 saturated heterocycles. The monoisotopic (exact) mass is 321 g/mol. The standard InChI is InChI=1S/C11H19N3O4S2/c1-8(2)7-13-20(17,18)14-10-5-4-6-11(9(10)3)19(12,15)16/h4-6,8,13-14H,7H2,1-3H3,(H2,12,15,16). The molecule has 1 aromatic carbocycles. The van der Waals surface area contributed by atoms with Gasteiger partial charge in [0.1, 0.15) is 0 Å². The van der Waals surface area contributed by atoms with Crippen molar-refractivity contribution in [1.29, 1.82) is 0 Å². The predicted molar refractivity (Wildman–Crippen MR) is 77.9 cm³/mol. The average molecular weight is 321 g/mol. The first-order valence-corrected chi connectivity index (χ1v) is 8.95. The van der Waals surface area contributed by atoms with Crippen molar-refractivity contribution >= 4 is 25.9 Å². The van der Waals surface area contributed by atoms with E-state index in [1.165, 1.54) is 25.1 Å². The van der Waals surface area contributed by atoms with Crippen LogP contribution in [-0.2, 0) is 20.2 Å². The van der Waals surface area contributed by atoms with E-state index in [4.69, 9.17) is 5.14 Å². The van der Waals surface area contributed by atoms with E-state index in [1.54, 1.807) is 0 Å². The van der Waals surface area contributed by atoms with Crippen LogP contribution in [0.4, 0.5) is 5.69 Å². The van der Waals surface area contributed by atoms with Crippen molar-refractivity contribution in [1.82, 2.24) is 4.72 Å². The van der Waals surface area contributed by atoms with Gasteiger partial charge in [0.2, 0.25) is 10.0 Å². The van der Waals surface area contributed by atoms with E-state index in [0.29, 0.717) is 0 Å². The molecule has 0 saturated carbocycles. The molecule has 1 aromatic rings. The predicted octanol–water partition coefficient (Wildman–Crippen LogP) is 0.545. The van der Waals surface area contributed by atoms with Crippen LogP contribution in [0.2, 0.25) is 0 Å². The van der Waals surface area contributed by atoms with E-state index in [0.717, 1.165) is 0 Å². The molecule has 0 fully saturated rings. The number of sulfonamides is 1. The molecule has 114 valence electrons. The first-order chi connectivity index (χ1) is 9.03. The highest BCUT2D eigenvalue weighted by Gasteiger charge is 2.17. The molecule has 0 bridgehead atoms. The quantitative estimate of drug-likeness (QED) is 0.708. The molecule has 0 amide bonds. The highest BCUT2D eigenvalue weighted by atomic mass is 32.2. The van der Waals surface area contributed by atoms with E-state index >= 15 is 0 Å². The van der Waals surface area contributed by atoms with Gasteiger partial charge in [-0.1, -0.05) is 19.9 Å². The van der Waals surface area contributed by atoms with Gasteiger partial charge in [-0.2, -0.15) is 13.1 Å². The summed E-state index contributed by atoms with van der Waals surface area (Å²) in [6.07, 6.45) is 0. The molecule has 0 aliphatic carbocycles. The number of nitrogens with one attached hydrogen (secondary N) is 2. The summed E-state index contributed by atoms with van der Waals surface area (Å²) in [5.41, 5.74) is 0.428. The summed E-state index contributed by atoms with van der Waals surface area (Å²) < 4.78 is 51.0. The Morgan fingerprint density at radius 1 is 1.20 bits per heavy atom. The summed E-state index contributed by atoms with van der Waals surface area (Å²) in [6.45, 7) is 5.51. The van der Waals surface area contributed by atoms with Crippen LogP contribution < -0.4 is 14.6 Å². The molecule has 4 N–H and O–H groups in total. The lowest BCUT2D eigenvalue weighted by atomic mass is 10.2. The Labute approximate surface area is 119 Å². The second-order valence-electron chi connectivity index (χ2n) is 4.82. The van der Waals surface area contributed by atoms with Crippen LogP contribution in [0.5, 0.6) is 0 Å². The largest absolute Gasteiger partial charge is 0.299 e. The summed E-state index contributed by atoms with van der Waals surface area (Å²) in [7, 11) is -7.64. The molecule has 0 aliphatic rings. The number of rotatable bonds is 6. The summed E-state index contributed by atoms with van der Waals surface area (Å²) in [5.74, 6) is 0.156. The fourth-order valence-electron chi connectivity index (χ4n) is 1.49. The Morgan fingerprint density at radius 3 is 2.30 bits per heavy atom. The van der Waals surface area contributed by atoms with E-state index in [2.05, 4.69) is 9.44 Å². The minimum absolute atomic E-state index is 0.110. The lowest BCUT2D eigenvalue weighted by Gasteiger charge is -2.14. The Bertz CT molecular complexity index is 682. The second kappa shape index (κ2) is 6.08. The van der Waals surface area contributed by atoms with Crippen molar-refractivity contribution in [3.63, 3.8) is 0 Å². The first-order valence-electron chi connectivity index (χ1n) is 5.93. The van der Waals surface area contributed by atoms with Crippen LogP contribution in [0.15, 0.2) is 23.1 Å². The molecule has 7 nitrogen and oxygen atoms in total. The van der Waals surface area contributed by atoms with Gasteiger partial charge in [-0.05, 0) is 30.5 Å². The number of nitrogens with two attached hydrogens (primary N) is 1. The number of primary sulfonamides is 1. The lowest BCUT2D eigenvalue weighted by Crippen LogP contribution is -2.33. The van der Waals surface area contributed by atoms with Crippen LogP contribution in [0.3, 0.4) is 0 Å². The van der Waals surface area contributed by atoms with Crippen LogP contribution in [-0.4, -0.2) is 23.4 Å². The second-order valence-corrected chi connectivity index (χ2v) is 7.85. The zero-order valence-electron chi connectivity index (χ0n) is 11.5. The van der Waals surface area contributed by atoms with Crippen molar-refractivity contribution in [3.8, 4) is 0 Å². The molecular formula is C11H19N3O4S2. The zero-order chi connectivity index (χ0) is 15.6. The molecule has 0 aromatic heterocycles. The van der Waals surface area contributed by atoms with E-state index < -0.39 is 20.2 Å². The van der Waals surface area contributed by atoms with Gasteiger partial charge in [0.05, 0.1) is 10.6 Å². The molecule has 9 heteroatoms. The number of hydrogen-bond donors (Lipinski definition) is 3. The Morgan fingerprint density at radius 2 is 1.80 bits per heavy atom. The Balaban J connectivity index is 3.06. The zero-order valence-corrected chi connectivity index (χ0v) is 13.2. The minimum atomic E-state index is -3.89. The SMILES string of the molecule is Cc1c(NS(=O)(=O)NCC(C)C)cccc1S(N)(=O)=O. The van der Waals surface area contributed by atoms with Gasteiger partial charge in [-0.3, -0.25) is 4.72 Å².